The second kappa shape index (κ2) is 8.58. The first-order valence-corrected chi connectivity index (χ1v) is 7.16. The van der Waals surface area contributed by atoms with Crippen LogP contribution in [-0.4, -0.2) is 29.6 Å². The number of halogens is 1. The third-order valence-corrected chi connectivity index (χ3v) is 2.99. The molecule has 0 aliphatic rings. The highest BCUT2D eigenvalue weighted by molar-refractivity contribution is 9.10. The molecule has 1 atom stereocenters. The molecule has 0 bridgehead atoms. The molecular formula is C14H18BrNO4. The van der Waals surface area contributed by atoms with Gasteiger partial charge in [0, 0.05) is 16.9 Å². The molecule has 1 aromatic rings. The molecule has 0 saturated heterocycles. The van der Waals surface area contributed by atoms with Crippen LogP contribution in [-0.2, 0) is 9.59 Å². The van der Waals surface area contributed by atoms with Gasteiger partial charge in [-0.05, 0) is 31.5 Å². The molecule has 1 amide bonds. The van der Waals surface area contributed by atoms with E-state index in [1.165, 1.54) is 0 Å². The quantitative estimate of drug-likeness (QED) is 0.711. The van der Waals surface area contributed by atoms with Gasteiger partial charge < -0.3 is 15.2 Å². The molecule has 0 aliphatic carbocycles. The zero-order valence-corrected chi connectivity index (χ0v) is 12.9. The van der Waals surface area contributed by atoms with Gasteiger partial charge >= 0.3 is 5.97 Å². The topological polar surface area (TPSA) is 75.6 Å². The number of rotatable bonds is 8. The molecule has 0 aromatic heterocycles. The molecule has 0 fully saturated rings. The molecular weight excluding hydrogens is 326 g/mol. The van der Waals surface area contributed by atoms with Crippen LogP contribution in [0.15, 0.2) is 28.7 Å². The number of carbonyl (C=O) groups excluding carboxylic acids is 1. The second-order valence-corrected chi connectivity index (χ2v) is 5.39. The first kappa shape index (κ1) is 16.5. The number of carboxylic acids is 1. The Bertz CT molecular complexity index is 464. The molecule has 0 aliphatic heterocycles. The lowest BCUT2D eigenvalue weighted by Gasteiger charge is -2.11. The SMILES string of the molecule is CC(CC(=O)O)NC(=O)CCCOc1cccc(Br)c1. The van der Waals surface area contributed by atoms with Crippen molar-refractivity contribution in [2.24, 2.45) is 0 Å². The van der Waals surface area contributed by atoms with Crippen molar-refractivity contribution in [2.75, 3.05) is 6.61 Å². The number of nitrogens with one attached hydrogen (secondary N) is 1. The molecule has 6 heteroatoms. The largest absolute Gasteiger partial charge is 0.494 e. The Balaban J connectivity index is 2.17. The maximum atomic E-state index is 11.5. The molecule has 20 heavy (non-hydrogen) atoms. The average molecular weight is 344 g/mol. The zero-order valence-electron chi connectivity index (χ0n) is 11.3. The van der Waals surface area contributed by atoms with Crippen molar-refractivity contribution in [1.82, 2.24) is 5.32 Å². The molecule has 110 valence electrons. The van der Waals surface area contributed by atoms with Gasteiger partial charge in [-0.2, -0.15) is 0 Å². The number of ether oxygens (including phenoxy) is 1. The van der Waals surface area contributed by atoms with Crippen LogP contribution in [0.2, 0.25) is 0 Å². The highest BCUT2D eigenvalue weighted by atomic mass is 79.9. The van der Waals surface area contributed by atoms with E-state index in [0.29, 0.717) is 19.4 Å². The van der Waals surface area contributed by atoms with Gasteiger partial charge in [-0.25, -0.2) is 0 Å². The van der Waals surface area contributed by atoms with Crippen molar-refractivity contribution in [3.8, 4) is 5.75 Å². The molecule has 0 heterocycles. The normalized spacial score (nSPS) is 11.7. The van der Waals surface area contributed by atoms with Crippen LogP contribution in [0, 0.1) is 0 Å². The Morgan fingerprint density at radius 2 is 2.20 bits per heavy atom. The molecule has 2 N–H and O–H groups in total. The van der Waals surface area contributed by atoms with Crippen LogP contribution in [0.3, 0.4) is 0 Å². The summed E-state index contributed by atoms with van der Waals surface area (Å²) in [6.07, 6.45) is 0.830. The number of benzene rings is 1. The third kappa shape index (κ3) is 7.13. The van der Waals surface area contributed by atoms with Gasteiger partial charge in [0.1, 0.15) is 5.75 Å². The Kier molecular flexibility index (Phi) is 7.08. The van der Waals surface area contributed by atoms with E-state index in [-0.39, 0.29) is 18.4 Å². The lowest BCUT2D eigenvalue weighted by molar-refractivity contribution is -0.137. The summed E-state index contributed by atoms with van der Waals surface area (Å²) in [6.45, 7) is 2.11. The minimum Gasteiger partial charge on any atom is -0.494 e. The fourth-order valence-corrected chi connectivity index (χ4v) is 2.02. The number of hydrogen-bond donors (Lipinski definition) is 2. The van der Waals surface area contributed by atoms with Crippen molar-refractivity contribution in [2.45, 2.75) is 32.2 Å². The summed E-state index contributed by atoms with van der Waals surface area (Å²) in [5, 5.41) is 11.2. The number of amides is 1. The van der Waals surface area contributed by atoms with Gasteiger partial charge in [-0.3, -0.25) is 9.59 Å². The standard InChI is InChI=1S/C14H18BrNO4/c1-10(8-14(18)19)16-13(17)6-3-7-20-12-5-2-4-11(15)9-12/h2,4-5,9-10H,3,6-8H2,1H3,(H,16,17)(H,18,19). The minimum atomic E-state index is -0.921. The fraction of sp³-hybridized carbons (Fsp3) is 0.429. The van der Waals surface area contributed by atoms with Crippen LogP contribution in [0.4, 0.5) is 0 Å². The summed E-state index contributed by atoms with van der Waals surface area (Å²) < 4.78 is 6.44. The Morgan fingerprint density at radius 3 is 2.85 bits per heavy atom. The van der Waals surface area contributed by atoms with E-state index in [9.17, 15) is 9.59 Å². The highest BCUT2D eigenvalue weighted by Gasteiger charge is 2.10. The molecule has 0 radical (unpaired) electrons. The van der Waals surface area contributed by atoms with Crippen molar-refractivity contribution in [3.63, 3.8) is 0 Å². The van der Waals surface area contributed by atoms with Gasteiger partial charge in [-0.15, -0.1) is 0 Å². The maximum absolute atomic E-state index is 11.5. The molecule has 5 nitrogen and oxygen atoms in total. The van der Waals surface area contributed by atoms with Crippen molar-refractivity contribution < 1.29 is 19.4 Å². The van der Waals surface area contributed by atoms with Crippen LogP contribution >= 0.6 is 15.9 Å². The summed E-state index contributed by atoms with van der Waals surface area (Å²) in [5.41, 5.74) is 0. The van der Waals surface area contributed by atoms with Crippen molar-refractivity contribution in [3.05, 3.63) is 28.7 Å². The molecule has 1 aromatic carbocycles. The summed E-state index contributed by atoms with van der Waals surface area (Å²) >= 11 is 3.35. The first-order valence-electron chi connectivity index (χ1n) is 6.37. The van der Waals surface area contributed by atoms with Gasteiger partial charge in [0.25, 0.3) is 0 Å². The summed E-state index contributed by atoms with van der Waals surface area (Å²) in [6, 6.07) is 7.13. The molecule has 0 saturated carbocycles. The smallest absolute Gasteiger partial charge is 0.305 e. The summed E-state index contributed by atoms with van der Waals surface area (Å²) in [4.78, 5) is 22.0. The predicted octanol–water partition coefficient (Wildman–Crippen LogP) is 2.59. The van der Waals surface area contributed by atoms with E-state index in [4.69, 9.17) is 9.84 Å². The monoisotopic (exact) mass is 343 g/mol. The predicted molar refractivity (Wildman–Crippen MR) is 78.7 cm³/mol. The van der Waals surface area contributed by atoms with E-state index < -0.39 is 5.97 Å². The van der Waals surface area contributed by atoms with E-state index in [1.54, 1.807) is 6.92 Å². The van der Waals surface area contributed by atoms with Crippen molar-refractivity contribution >= 4 is 27.8 Å². The fourth-order valence-electron chi connectivity index (χ4n) is 1.64. The van der Waals surface area contributed by atoms with E-state index in [1.807, 2.05) is 24.3 Å². The maximum Gasteiger partial charge on any atom is 0.305 e. The lowest BCUT2D eigenvalue weighted by atomic mass is 10.2. The first-order chi connectivity index (χ1) is 9.47. The van der Waals surface area contributed by atoms with Gasteiger partial charge in [0.15, 0.2) is 0 Å². The molecule has 1 rings (SSSR count). The van der Waals surface area contributed by atoms with Crippen LogP contribution in [0.5, 0.6) is 5.75 Å². The molecule has 0 spiro atoms. The zero-order chi connectivity index (χ0) is 15.0. The van der Waals surface area contributed by atoms with E-state index >= 15 is 0 Å². The molecule has 1 unspecified atom stereocenters. The third-order valence-electron chi connectivity index (χ3n) is 2.50. The van der Waals surface area contributed by atoms with Crippen molar-refractivity contribution in [1.29, 1.82) is 0 Å². The lowest BCUT2D eigenvalue weighted by Crippen LogP contribution is -2.34. The van der Waals surface area contributed by atoms with Gasteiger partial charge in [0.2, 0.25) is 5.91 Å². The minimum absolute atomic E-state index is 0.0692. The average Bonchev–Trinajstić information content (AvgIpc) is 2.33. The highest BCUT2D eigenvalue weighted by Crippen LogP contribution is 2.17. The van der Waals surface area contributed by atoms with Gasteiger partial charge in [-0.1, -0.05) is 22.0 Å². The number of hydrogen-bond acceptors (Lipinski definition) is 3. The second-order valence-electron chi connectivity index (χ2n) is 4.48. The summed E-state index contributed by atoms with van der Waals surface area (Å²) in [7, 11) is 0. The van der Waals surface area contributed by atoms with Gasteiger partial charge in [0.05, 0.1) is 13.0 Å². The Morgan fingerprint density at radius 1 is 1.45 bits per heavy atom. The van der Waals surface area contributed by atoms with Crippen LogP contribution < -0.4 is 10.1 Å². The summed E-state index contributed by atoms with van der Waals surface area (Å²) in [5.74, 6) is -0.327. The Hall–Kier alpha value is -1.56. The number of carbonyl (C=O) groups is 2. The van der Waals surface area contributed by atoms with Crippen LogP contribution in [0.1, 0.15) is 26.2 Å². The Labute approximate surface area is 126 Å². The van der Waals surface area contributed by atoms with E-state index in [2.05, 4.69) is 21.2 Å². The number of carboxylic acid groups (broad SMARTS) is 1. The van der Waals surface area contributed by atoms with E-state index in [0.717, 1.165) is 10.2 Å². The number of aliphatic carboxylic acids is 1. The van der Waals surface area contributed by atoms with Crippen LogP contribution in [0.25, 0.3) is 0 Å².